The Morgan fingerprint density at radius 1 is 0.923 bits per heavy atom. The number of carbonyl (C=O) groups excluding carboxylic acids is 1. The molecule has 7 heteroatoms. The van der Waals surface area contributed by atoms with Crippen molar-refractivity contribution >= 4 is 11.6 Å². The molecule has 0 saturated carbocycles. The maximum absolute atomic E-state index is 12.7. The van der Waals surface area contributed by atoms with E-state index in [0.717, 1.165) is 17.7 Å². The standard InChI is InChI=1S/C19H13F3N2O2/c20-19(21,22)13-7-4-8-14(11-13)23-17(25)15-9-10-16(24-18(15)26)12-5-2-1-3-6-12/h1-11H,(H,23,25)(H,24,26). The predicted octanol–water partition coefficient (Wildman–Crippen LogP) is 4.31. The second kappa shape index (κ2) is 6.87. The van der Waals surface area contributed by atoms with Gasteiger partial charge in [0.2, 0.25) is 0 Å². The summed E-state index contributed by atoms with van der Waals surface area (Å²) in [4.78, 5) is 27.0. The van der Waals surface area contributed by atoms with E-state index in [2.05, 4.69) is 10.3 Å². The Labute approximate surface area is 146 Å². The van der Waals surface area contributed by atoms with Gasteiger partial charge in [-0.3, -0.25) is 9.59 Å². The number of anilines is 1. The Morgan fingerprint density at radius 3 is 2.31 bits per heavy atom. The third-order valence-electron chi connectivity index (χ3n) is 3.69. The van der Waals surface area contributed by atoms with Crippen LogP contribution in [0.1, 0.15) is 15.9 Å². The van der Waals surface area contributed by atoms with Crippen LogP contribution >= 0.6 is 0 Å². The molecular formula is C19H13F3N2O2. The zero-order chi connectivity index (χ0) is 18.7. The molecule has 0 aliphatic carbocycles. The number of nitrogens with one attached hydrogen (secondary N) is 2. The summed E-state index contributed by atoms with van der Waals surface area (Å²) < 4.78 is 38.2. The largest absolute Gasteiger partial charge is 0.416 e. The van der Waals surface area contributed by atoms with Gasteiger partial charge in [-0.25, -0.2) is 0 Å². The molecular weight excluding hydrogens is 345 g/mol. The molecule has 0 saturated heterocycles. The molecule has 2 N–H and O–H groups in total. The van der Waals surface area contributed by atoms with E-state index in [1.807, 2.05) is 18.2 Å². The Balaban J connectivity index is 1.84. The van der Waals surface area contributed by atoms with Crippen LogP contribution in [0.15, 0.2) is 71.5 Å². The SMILES string of the molecule is O=C(Nc1cccc(C(F)(F)F)c1)c1ccc(-c2ccccc2)[nH]c1=O. The van der Waals surface area contributed by atoms with Crippen LogP contribution in [0.5, 0.6) is 0 Å². The van der Waals surface area contributed by atoms with Gasteiger partial charge in [0.05, 0.1) is 5.56 Å². The number of amides is 1. The highest BCUT2D eigenvalue weighted by molar-refractivity contribution is 6.04. The third-order valence-corrected chi connectivity index (χ3v) is 3.69. The van der Waals surface area contributed by atoms with Crippen molar-refractivity contribution in [2.75, 3.05) is 5.32 Å². The predicted molar refractivity (Wildman–Crippen MR) is 91.9 cm³/mol. The van der Waals surface area contributed by atoms with E-state index in [0.29, 0.717) is 5.69 Å². The summed E-state index contributed by atoms with van der Waals surface area (Å²) in [5.41, 5.74) is -0.446. The summed E-state index contributed by atoms with van der Waals surface area (Å²) in [6.07, 6.45) is -4.52. The maximum Gasteiger partial charge on any atom is 0.416 e. The van der Waals surface area contributed by atoms with E-state index in [9.17, 15) is 22.8 Å². The molecule has 0 unspecified atom stereocenters. The number of benzene rings is 2. The molecule has 1 aromatic heterocycles. The molecule has 1 heterocycles. The van der Waals surface area contributed by atoms with Crippen molar-refractivity contribution in [1.82, 2.24) is 4.98 Å². The molecule has 0 atom stereocenters. The van der Waals surface area contributed by atoms with Crippen LogP contribution in [0.25, 0.3) is 11.3 Å². The molecule has 0 aliphatic heterocycles. The highest BCUT2D eigenvalue weighted by Crippen LogP contribution is 2.30. The quantitative estimate of drug-likeness (QED) is 0.733. The first-order chi connectivity index (χ1) is 12.3. The number of carbonyl (C=O) groups is 1. The van der Waals surface area contributed by atoms with Gasteiger partial charge < -0.3 is 10.3 Å². The van der Waals surface area contributed by atoms with Crippen molar-refractivity contribution in [3.05, 3.63) is 88.2 Å². The average Bonchev–Trinajstić information content (AvgIpc) is 2.62. The molecule has 0 aliphatic rings. The molecule has 2 aromatic carbocycles. The highest BCUT2D eigenvalue weighted by Gasteiger charge is 2.30. The van der Waals surface area contributed by atoms with Crippen molar-refractivity contribution in [3.8, 4) is 11.3 Å². The van der Waals surface area contributed by atoms with E-state index in [-0.39, 0.29) is 11.3 Å². The molecule has 26 heavy (non-hydrogen) atoms. The number of halogens is 3. The molecule has 132 valence electrons. The van der Waals surface area contributed by atoms with Gasteiger partial charge in [-0.1, -0.05) is 36.4 Å². The first kappa shape index (κ1) is 17.5. The maximum atomic E-state index is 12.7. The minimum absolute atomic E-state index is 0.0450. The molecule has 1 amide bonds. The van der Waals surface area contributed by atoms with Crippen LogP contribution in [-0.4, -0.2) is 10.9 Å². The summed E-state index contributed by atoms with van der Waals surface area (Å²) in [6.45, 7) is 0. The number of alkyl halides is 3. The number of pyridine rings is 1. The van der Waals surface area contributed by atoms with Gasteiger partial charge >= 0.3 is 6.18 Å². The number of aromatic amines is 1. The van der Waals surface area contributed by atoms with Gasteiger partial charge in [-0.15, -0.1) is 0 Å². The summed E-state index contributed by atoms with van der Waals surface area (Å²) in [5, 5.41) is 2.31. The Morgan fingerprint density at radius 2 is 1.65 bits per heavy atom. The van der Waals surface area contributed by atoms with Crippen molar-refractivity contribution in [2.45, 2.75) is 6.18 Å². The topological polar surface area (TPSA) is 62.0 Å². The highest BCUT2D eigenvalue weighted by atomic mass is 19.4. The first-order valence-corrected chi connectivity index (χ1v) is 7.62. The van der Waals surface area contributed by atoms with Crippen LogP contribution in [0.4, 0.5) is 18.9 Å². The zero-order valence-corrected chi connectivity index (χ0v) is 13.3. The van der Waals surface area contributed by atoms with Crippen LogP contribution in [-0.2, 0) is 6.18 Å². The lowest BCUT2D eigenvalue weighted by atomic mass is 10.1. The number of hydrogen-bond donors (Lipinski definition) is 2. The van der Waals surface area contributed by atoms with E-state index in [1.165, 1.54) is 18.2 Å². The van der Waals surface area contributed by atoms with Crippen LogP contribution in [0, 0.1) is 0 Å². The van der Waals surface area contributed by atoms with Crippen molar-refractivity contribution in [3.63, 3.8) is 0 Å². The molecule has 3 rings (SSSR count). The monoisotopic (exact) mass is 358 g/mol. The lowest BCUT2D eigenvalue weighted by Crippen LogP contribution is -2.23. The Hall–Kier alpha value is -3.35. The molecule has 3 aromatic rings. The van der Waals surface area contributed by atoms with Gasteiger partial charge in [0.15, 0.2) is 0 Å². The van der Waals surface area contributed by atoms with Crippen LogP contribution in [0.2, 0.25) is 0 Å². The number of aromatic nitrogens is 1. The third kappa shape index (κ3) is 3.83. The summed E-state index contributed by atoms with van der Waals surface area (Å²) in [7, 11) is 0. The fourth-order valence-electron chi connectivity index (χ4n) is 2.41. The number of rotatable bonds is 3. The number of H-pyrrole nitrogens is 1. The van der Waals surface area contributed by atoms with Gasteiger partial charge in [-0.05, 0) is 35.9 Å². The van der Waals surface area contributed by atoms with Crippen molar-refractivity contribution in [1.29, 1.82) is 0 Å². The fraction of sp³-hybridized carbons (Fsp3) is 0.0526. The lowest BCUT2D eigenvalue weighted by molar-refractivity contribution is -0.137. The van der Waals surface area contributed by atoms with Gasteiger partial charge in [0, 0.05) is 11.4 Å². The number of hydrogen-bond acceptors (Lipinski definition) is 2. The summed E-state index contributed by atoms with van der Waals surface area (Å²) in [6, 6.07) is 16.2. The second-order valence-corrected chi connectivity index (χ2v) is 5.51. The lowest BCUT2D eigenvalue weighted by Gasteiger charge is -2.10. The molecule has 0 fully saturated rings. The molecule has 0 spiro atoms. The Kier molecular flexibility index (Phi) is 4.62. The Bertz CT molecular complexity index is 995. The minimum atomic E-state index is -4.52. The average molecular weight is 358 g/mol. The van der Waals surface area contributed by atoms with E-state index >= 15 is 0 Å². The van der Waals surface area contributed by atoms with Gasteiger partial charge in [0.25, 0.3) is 11.5 Å². The van der Waals surface area contributed by atoms with Gasteiger partial charge in [0.1, 0.15) is 5.56 Å². The molecule has 0 radical (unpaired) electrons. The fourth-order valence-corrected chi connectivity index (χ4v) is 2.41. The van der Waals surface area contributed by atoms with Crippen molar-refractivity contribution < 1.29 is 18.0 Å². The smallest absolute Gasteiger partial charge is 0.322 e. The first-order valence-electron chi connectivity index (χ1n) is 7.62. The van der Waals surface area contributed by atoms with E-state index < -0.39 is 23.2 Å². The van der Waals surface area contributed by atoms with Gasteiger partial charge in [-0.2, -0.15) is 13.2 Å². The summed E-state index contributed by atoms with van der Waals surface area (Å²) >= 11 is 0. The van der Waals surface area contributed by atoms with Crippen LogP contribution < -0.4 is 10.9 Å². The van der Waals surface area contributed by atoms with E-state index in [1.54, 1.807) is 18.2 Å². The van der Waals surface area contributed by atoms with Crippen molar-refractivity contribution in [2.24, 2.45) is 0 Å². The normalized spacial score (nSPS) is 11.2. The summed E-state index contributed by atoms with van der Waals surface area (Å²) in [5.74, 6) is -0.787. The minimum Gasteiger partial charge on any atom is -0.322 e. The van der Waals surface area contributed by atoms with E-state index in [4.69, 9.17) is 0 Å². The van der Waals surface area contributed by atoms with Crippen LogP contribution in [0.3, 0.4) is 0 Å². The molecule has 4 nitrogen and oxygen atoms in total. The molecule has 0 bridgehead atoms. The zero-order valence-electron chi connectivity index (χ0n) is 13.3. The second-order valence-electron chi connectivity index (χ2n) is 5.51.